The molecular weight excluding hydrogens is 683 g/mol. The quantitative estimate of drug-likeness (QED) is 0.0786. The number of carbonyl (C=O) groups excluding carboxylic acids is 2. The van der Waals surface area contributed by atoms with E-state index in [-0.39, 0.29) is 52.8 Å². The summed E-state index contributed by atoms with van der Waals surface area (Å²) in [6.07, 6.45) is 0.410. The number of rotatable bonds is 13. The largest absolute Gasteiger partial charge is 0.494 e. The zero-order chi connectivity index (χ0) is 36.0. The third-order valence-electron chi connectivity index (χ3n) is 8.82. The first-order valence-electron chi connectivity index (χ1n) is 16.2. The van der Waals surface area contributed by atoms with Crippen molar-refractivity contribution in [3.63, 3.8) is 0 Å². The van der Waals surface area contributed by atoms with Crippen LogP contribution in [0.15, 0.2) is 66.7 Å². The second kappa shape index (κ2) is 16.3. The Bertz CT molecular complexity index is 1690. The number of methoxy groups -OCH3 is 1. The zero-order valence-corrected chi connectivity index (χ0v) is 30.9. The van der Waals surface area contributed by atoms with Crippen molar-refractivity contribution in [1.82, 2.24) is 9.62 Å². The molecule has 0 radical (unpaired) electrons. The highest BCUT2D eigenvalue weighted by Crippen LogP contribution is 2.53. The van der Waals surface area contributed by atoms with E-state index in [1.165, 1.54) is 31.2 Å². The van der Waals surface area contributed by atoms with Crippen LogP contribution in [-0.2, 0) is 9.59 Å². The van der Waals surface area contributed by atoms with E-state index >= 15 is 4.79 Å². The number of carboxylic acid groups (broad SMARTS) is 1. The van der Waals surface area contributed by atoms with E-state index in [9.17, 15) is 14.7 Å². The van der Waals surface area contributed by atoms with Gasteiger partial charge in [0.15, 0.2) is 5.75 Å². The molecule has 1 aliphatic heterocycles. The molecule has 0 unspecified atom stereocenters. The normalized spacial score (nSPS) is 19.9. The molecule has 4 atom stereocenters. The number of amides is 2. The summed E-state index contributed by atoms with van der Waals surface area (Å²) in [5.41, 5.74) is 0.714. The second-order valence-electron chi connectivity index (χ2n) is 13.3. The summed E-state index contributed by atoms with van der Waals surface area (Å²) in [5.74, 6) is -1.88. The smallest absolute Gasteiger partial charge is 0.339 e. The summed E-state index contributed by atoms with van der Waals surface area (Å²) < 4.78 is 8.51. The van der Waals surface area contributed by atoms with Gasteiger partial charge in [-0.2, -0.15) is 0 Å². The van der Waals surface area contributed by atoms with Crippen molar-refractivity contribution in [2.45, 2.75) is 77.1 Å². The maximum Gasteiger partial charge on any atom is 0.339 e. The van der Waals surface area contributed by atoms with Crippen LogP contribution >= 0.6 is 35.1 Å². The van der Waals surface area contributed by atoms with Crippen LogP contribution in [0.5, 0.6) is 5.75 Å². The lowest BCUT2D eigenvalue weighted by Gasteiger charge is -2.53. The minimum Gasteiger partial charge on any atom is -0.494 e. The van der Waals surface area contributed by atoms with E-state index in [1.807, 2.05) is 75.1 Å². The van der Waals surface area contributed by atoms with Gasteiger partial charge in [-0.3, -0.25) is 15.0 Å². The number of likely N-dealkylation sites (tertiary alicyclic amines) is 1. The van der Waals surface area contributed by atoms with Gasteiger partial charge in [0, 0.05) is 40.1 Å². The van der Waals surface area contributed by atoms with E-state index in [0.29, 0.717) is 22.3 Å². The van der Waals surface area contributed by atoms with E-state index in [4.69, 9.17) is 33.3 Å². The van der Waals surface area contributed by atoms with Crippen LogP contribution in [-0.4, -0.2) is 52.0 Å². The number of nitrogens with one attached hydrogen (secondary N) is 3. The molecule has 9 nitrogen and oxygen atoms in total. The third kappa shape index (κ3) is 9.09. The van der Waals surface area contributed by atoms with Crippen LogP contribution in [0.4, 0.5) is 5.69 Å². The highest BCUT2D eigenvalue weighted by Gasteiger charge is 2.53. The molecule has 49 heavy (non-hydrogen) atoms. The minimum atomic E-state index is -1.19. The summed E-state index contributed by atoms with van der Waals surface area (Å²) in [5, 5.41) is 22.7. The molecule has 0 aromatic heterocycles. The van der Waals surface area contributed by atoms with Crippen LogP contribution < -0.4 is 14.8 Å². The van der Waals surface area contributed by atoms with Gasteiger partial charge in [0.05, 0.1) is 24.3 Å². The second-order valence-corrected chi connectivity index (χ2v) is 15.6. The van der Waals surface area contributed by atoms with E-state index in [2.05, 4.69) is 10.0 Å². The fourth-order valence-electron chi connectivity index (χ4n) is 6.58. The Morgan fingerprint density at radius 1 is 1.04 bits per heavy atom. The highest BCUT2D eigenvalue weighted by atomic mass is 35.5. The third-order valence-corrected chi connectivity index (χ3v) is 10.1. The molecule has 0 aliphatic carbocycles. The Hall–Kier alpha value is -3.73. The molecule has 0 saturated carbocycles. The number of benzene rings is 3. The molecule has 1 aliphatic rings. The molecule has 1 saturated heterocycles. The number of carbonyl (C=O) groups is 3. The molecule has 3 aromatic carbocycles. The van der Waals surface area contributed by atoms with Crippen molar-refractivity contribution in [3.05, 3.63) is 93.5 Å². The van der Waals surface area contributed by atoms with Crippen LogP contribution in [0.25, 0.3) is 0 Å². The molecule has 1 fully saturated rings. The van der Waals surface area contributed by atoms with Crippen LogP contribution in [0.3, 0.4) is 0 Å². The first-order chi connectivity index (χ1) is 23.1. The minimum absolute atomic E-state index is 0.0230. The van der Waals surface area contributed by atoms with Gasteiger partial charge in [0.25, 0.3) is 0 Å². The number of piperidine rings is 1. The van der Waals surface area contributed by atoms with Crippen LogP contribution in [0.1, 0.15) is 87.3 Å². The summed E-state index contributed by atoms with van der Waals surface area (Å²) in [6.45, 7) is 9.95. The topological polar surface area (TPSA) is 132 Å². The Labute approximate surface area is 302 Å². The summed E-state index contributed by atoms with van der Waals surface area (Å²) in [6, 6.07) is 18.7. The van der Waals surface area contributed by atoms with Crippen molar-refractivity contribution in [1.29, 1.82) is 5.41 Å². The van der Waals surface area contributed by atoms with Crippen molar-refractivity contribution in [2.75, 3.05) is 12.4 Å². The number of nitrogens with zero attached hydrogens (tertiary/aromatic N) is 1. The number of ether oxygens (including phenoxy) is 1. The molecule has 4 rings (SSSR count). The highest BCUT2D eigenvalue weighted by molar-refractivity contribution is 7.98. The van der Waals surface area contributed by atoms with Crippen molar-refractivity contribution >= 4 is 64.5 Å². The van der Waals surface area contributed by atoms with Crippen LogP contribution in [0, 0.1) is 16.7 Å². The van der Waals surface area contributed by atoms with E-state index < -0.39 is 29.4 Å². The molecule has 2 amide bonds. The van der Waals surface area contributed by atoms with Gasteiger partial charge < -0.3 is 24.8 Å². The van der Waals surface area contributed by atoms with Gasteiger partial charge in [-0.25, -0.2) is 4.79 Å². The molecular formula is C37H44Cl2N4O5S. The number of para-hydroxylation sites is 1. The van der Waals surface area contributed by atoms with Gasteiger partial charge >= 0.3 is 5.97 Å². The Morgan fingerprint density at radius 3 is 2.31 bits per heavy atom. The molecule has 0 bridgehead atoms. The average molecular weight is 728 g/mol. The van der Waals surface area contributed by atoms with Crippen molar-refractivity contribution in [3.8, 4) is 5.75 Å². The lowest BCUT2D eigenvalue weighted by Crippen LogP contribution is -2.58. The monoisotopic (exact) mass is 726 g/mol. The number of amidine groups is 1. The molecule has 0 spiro atoms. The van der Waals surface area contributed by atoms with Gasteiger partial charge in [-0.1, -0.05) is 88.2 Å². The van der Waals surface area contributed by atoms with Gasteiger partial charge in [-0.05, 0) is 71.8 Å². The summed E-state index contributed by atoms with van der Waals surface area (Å²) >= 11 is 14.3. The fourth-order valence-corrected chi connectivity index (χ4v) is 7.36. The van der Waals surface area contributed by atoms with E-state index in [0.717, 1.165) is 11.1 Å². The van der Waals surface area contributed by atoms with E-state index in [1.54, 1.807) is 19.1 Å². The zero-order valence-electron chi connectivity index (χ0n) is 28.6. The maximum atomic E-state index is 15.1. The lowest BCUT2D eigenvalue weighted by atomic mass is 9.66. The van der Waals surface area contributed by atoms with Gasteiger partial charge in [0.1, 0.15) is 11.4 Å². The predicted octanol–water partition coefficient (Wildman–Crippen LogP) is 8.83. The summed E-state index contributed by atoms with van der Waals surface area (Å²) in [7, 11) is 1.34. The lowest BCUT2D eigenvalue weighted by molar-refractivity contribution is -0.158. The Balaban J connectivity index is 1.83. The molecule has 4 N–H and O–H groups in total. The van der Waals surface area contributed by atoms with Crippen molar-refractivity contribution in [2.24, 2.45) is 11.3 Å². The van der Waals surface area contributed by atoms with Crippen molar-refractivity contribution < 1.29 is 24.2 Å². The number of halogens is 2. The van der Waals surface area contributed by atoms with Gasteiger partial charge in [0.2, 0.25) is 11.8 Å². The van der Waals surface area contributed by atoms with Gasteiger partial charge in [-0.15, -0.1) is 0 Å². The Kier molecular flexibility index (Phi) is 12.7. The number of anilines is 1. The first kappa shape index (κ1) is 38.1. The maximum absolute atomic E-state index is 15.1. The Morgan fingerprint density at radius 2 is 1.71 bits per heavy atom. The first-order valence-corrected chi connectivity index (χ1v) is 17.8. The fraction of sp³-hybridized carbons (Fsp3) is 0.405. The molecule has 262 valence electrons. The average Bonchev–Trinajstić information content (AvgIpc) is 3.04. The molecule has 3 aromatic rings. The molecule has 1 heterocycles. The number of carboxylic acids is 1. The number of hydrogen-bond acceptors (Lipinski definition) is 6. The molecule has 12 heteroatoms. The SMILES string of the molecule is COc1c(NC(=O)C[C@@]2(C)C[C@H](c3cccc(Cl)c3)[C@@H](c3ccc(Cl)cc3)N([C@@H](CC(=N)NSC(C)C)C(C)C)C2=O)cccc1C(=O)O. The number of hydrogen-bond donors (Lipinski definition) is 4. The number of aromatic carboxylic acids is 1. The summed E-state index contributed by atoms with van der Waals surface area (Å²) in [4.78, 5) is 42.6. The van der Waals surface area contributed by atoms with Crippen LogP contribution in [0.2, 0.25) is 10.0 Å². The standard InChI is InChI=1S/C37H44Cl2N4O5S/c1-21(2)30(18-31(40)42-49-22(3)4)43-33(23-13-15-25(38)16-14-23)28(24-9-7-10-26(39)17-24)19-37(5,36(43)47)20-32(44)41-29-12-8-11-27(35(45)46)34(29)48-6/h7-17,21-22,28,30,33H,18-20H2,1-6H3,(H2,40,42)(H,41,44)(H,45,46)/t28-,30+,33-,37-/m1/s1. The predicted molar refractivity (Wildman–Crippen MR) is 198 cm³/mol.